The van der Waals surface area contributed by atoms with Gasteiger partial charge in [-0.3, -0.25) is 14.4 Å². The van der Waals surface area contributed by atoms with Gasteiger partial charge in [-0.05, 0) is 91.2 Å². The molecular formula is C43H63N5O11S. The zero-order valence-electron chi connectivity index (χ0n) is 36.5. The van der Waals surface area contributed by atoms with Gasteiger partial charge in [0.05, 0.1) is 47.7 Å². The summed E-state index contributed by atoms with van der Waals surface area (Å²) in [6.45, 7) is 13.0. The van der Waals surface area contributed by atoms with Gasteiger partial charge in [0.25, 0.3) is 0 Å². The maximum Gasteiger partial charge on any atom is 0.316 e. The summed E-state index contributed by atoms with van der Waals surface area (Å²) in [4.78, 5) is 59.4. The number of anilines is 1. The van der Waals surface area contributed by atoms with Crippen molar-refractivity contribution in [2.75, 3.05) is 33.0 Å². The Morgan fingerprint density at radius 1 is 1.12 bits per heavy atom. The first-order chi connectivity index (χ1) is 28.2. The van der Waals surface area contributed by atoms with E-state index in [0.717, 1.165) is 15.4 Å². The van der Waals surface area contributed by atoms with Crippen LogP contribution in [0.15, 0.2) is 40.5 Å². The fourth-order valence-corrected chi connectivity index (χ4v) is 9.27. The highest BCUT2D eigenvalue weighted by atomic mass is 32.1. The number of aliphatic hydroxyl groups is 2. The first-order valence-electron chi connectivity index (χ1n) is 20.7. The van der Waals surface area contributed by atoms with E-state index in [9.17, 15) is 24.6 Å². The van der Waals surface area contributed by atoms with Crippen LogP contribution in [0.3, 0.4) is 0 Å². The predicted octanol–water partition coefficient (Wildman–Crippen LogP) is 4.58. The molecule has 2 aromatic rings. The monoisotopic (exact) mass is 857 g/mol. The van der Waals surface area contributed by atoms with Crippen molar-refractivity contribution < 1.29 is 53.1 Å². The van der Waals surface area contributed by atoms with Gasteiger partial charge in [-0.15, -0.1) is 11.3 Å². The number of cyclic esters (lactones) is 1. The van der Waals surface area contributed by atoms with Crippen molar-refractivity contribution in [3.8, 4) is 10.6 Å². The second kappa shape index (κ2) is 20.0. The van der Waals surface area contributed by atoms with E-state index in [1.54, 1.807) is 26.8 Å². The Morgan fingerprint density at radius 3 is 2.52 bits per heavy atom. The second-order valence-corrected chi connectivity index (χ2v) is 18.2. The summed E-state index contributed by atoms with van der Waals surface area (Å²) < 4.78 is 32.3. The highest BCUT2D eigenvalue weighted by molar-refractivity contribution is 7.15. The molecule has 2 bridgehead atoms. The molecule has 2 aromatic heterocycles. The van der Waals surface area contributed by atoms with E-state index in [0.29, 0.717) is 23.7 Å². The van der Waals surface area contributed by atoms with Gasteiger partial charge < -0.3 is 49.4 Å². The fraction of sp³-hybridized carbons (Fsp3) is 0.674. The van der Waals surface area contributed by atoms with Gasteiger partial charge in [-0.1, -0.05) is 32.0 Å². The molecule has 12 atom stereocenters. The van der Waals surface area contributed by atoms with Gasteiger partial charge >= 0.3 is 5.97 Å². The van der Waals surface area contributed by atoms with Crippen LogP contribution >= 0.6 is 11.3 Å². The fourth-order valence-electron chi connectivity index (χ4n) is 8.39. The molecule has 4 N–H and O–H groups in total. The van der Waals surface area contributed by atoms with Crippen LogP contribution in [0.1, 0.15) is 86.0 Å². The Labute approximate surface area is 356 Å². The van der Waals surface area contributed by atoms with Crippen molar-refractivity contribution in [2.24, 2.45) is 27.9 Å². The van der Waals surface area contributed by atoms with E-state index in [-0.39, 0.29) is 51.2 Å². The number of nitrogens with two attached hydrogens (primary N) is 1. The summed E-state index contributed by atoms with van der Waals surface area (Å²) >= 11 is 1.48. The number of nitrogen functional groups attached to an aromatic ring is 1. The van der Waals surface area contributed by atoms with Crippen molar-refractivity contribution >= 4 is 46.2 Å². The standard InChI is InChI=1S/C43H63N5O11S/c1-11-34-43(8,53)35-18-31(45-27(6)49)23(2)19-42(7,55-21-28(20-54-35)47-56-22-29-15-16-33(60-29)30-13-12-14-36(44)46-30)39(25(4)37(50)26(5)40(52)58-34)59-41-38(51)32(48(9)10)17-24(3)57-41/h12-16,23-26,32,34-35,38-39,41,51,53H,11,17-22H2,1-10H3,(H2,44,46)/b45-31?,47-28-/t23-,24-,25+,26-,32+,34-,35-,38-,39-,41+,42-,43-/m1/s1. The Bertz CT molecular complexity index is 1890. The second-order valence-electron chi connectivity index (χ2n) is 17.1. The van der Waals surface area contributed by atoms with Crippen LogP contribution in [0, 0.1) is 17.8 Å². The van der Waals surface area contributed by atoms with Crippen LogP contribution in [0.4, 0.5) is 5.82 Å². The summed E-state index contributed by atoms with van der Waals surface area (Å²) in [5.74, 6) is -4.16. The number of aliphatic imine (C=N–C) groups is 1. The molecule has 16 nitrogen and oxygen atoms in total. The number of likely N-dealkylation sites (N-methyl/N-ethyl adjacent to an activating group) is 1. The van der Waals surface area contributed by atoms with Crippen LogP contribution in [-0.2, 0) is 49.5 Å². The number of nitrogens with zero attached hydrogens (tertiary/aromatic N) is 4. The van der Waals surface area contributed by atoms with Crippen molar-refractivity contribution in [3.63, 3.8) is 0 Å². The molecule has 3 saturated heterocycles. The first kappa shape index (κ1) is 47.4. The lowest BCUT2D eigenvalue weighted by atomic mass is 9.76. The smallest absolute Gasteiger partial charge is 0.316 e. The van der Waals surface area contributed by atoms with Crippen LogP contribution < -0.4 is 5.73 Å². The average molecular weight is 858 g/mol. The molecule has 0 spiro atoms. The molecule has 1 amide bonds. The predicted molar refractivity (Wildman–Crippen MR) is 226 cm³/mol. The van der Waals surface area contributed by atoms with Gasteiger partial charge in [0.1, 0.15) is 35.3 Å². The largest absolute Gasteiger partial charge is 0.459 e. The van der Waals surface area contributed by atoms with Gasteiger partial charge in [0.15, 0.2) is 18.7 Å². The van der Waals surface area contributed by atoms with Crippen LogP contribution in [0.2, 0.25) is 0 Å². The number of hydrogen-bond donors (Lipinski definition) is 3. The van der Waals surface area contributed by atoms with E-state index in [1.807, 2.05) is 57.1 Å². The molecule has 3 aliphatic rings. The molecule has 5 heterocycles. The third kappa shape index (κ3) is 11.2. The Morgan fingerprint density at radius 2 is 1.85 bits per heavy atom. The number of ether oxygens (including phenoxy) is 5. The first-order valence-corrected chi connectivity index (χ1v) is 21.5. The summed E-state index contributed by atoms with van der Waals surface area (Å²) in [7, 11) is 3.73. The Hall–Kier alpha value is -3.68. The van der Waals surface area contributed by atoms with Gasteiger partial charge in [-0.2, -0.15) is 0 Å². The van der Waals surface area contributed by atoms with Crippen LogP contribution in [0.25, 0.3) is 10.6 Å². The summed E-state index contributed by atoms with van der Waals surface area (Å²) in [5, 5.41) is 28.4. The average Bonchev–Trinajstić information content (AvgIpc) is 3.66. The van der Waals surface area contributed by atoms with E-state index in [2.05, 4.69) is 15.1 Å². The lowest BCUT2D eigenvalue weighted by Gasteiger charge is -2.47. The summed E-state index contributed by atoms with van der Waals surface area (Å²) in [6.07, 6.45) is -5.07. The maximum absolute atomic E-state index is 14.5. The van der Waals surface area contributed by atoms with Gasteiger partial charge in [0.2, 0.25) is 5.91 Å². The summed E-state index contributed by atoms with van der Waals surface area (Å²) in [6, 6.07) is 8.95. The minimum Gasteiger partial charge on any atom is -0.459 e. The summed E-state index contributed by atoms with van der Waals surface area (Å²) in [5.41, 5.74) is 4.13. The molecule has 5 rings (SSSR count). The molecule has 3 aliphatic heterocycles. The zero-order valence-corrected chi connectivity index (χ0v) is 37.3. The normalized spacial score (nSPS) is 36.4. The number of rotatable bonds is 8. The topological polar surface area (TPSA) is 214 Å². The molecule has 0 aliphatic carbocycles. The number of fused-ring (bicyclic) bond motifs is 5. The van der Waals surface area contributed by atoms with Crippen molar-refractivity contribution in [2.45, 2.75) is 142 Å². The minimum atomic E-state index is -1.83. The third-order valence-electron chi connectivity index (χ3n) is 11.9. The number of esters is 1. The molecule has 0 unspecified atom stereocenters. The Balaban J connectivity index is 1.61. The van der Waals surface area contributed by atoms with Gasteiger partial charge in [-0.25, -0.2) is 9.98 Å². The highest BCUT2D eigenvalue weighted by Crippen LogP contribution is 2.39. The third-order valence-corrected chi connectivity index (χ3v) is 12.9. The molecule has 0 aromatic carbocycles. The molecule has 0 saturated carbocycles. The lowest BCUT2D eigenvalue weighted by molar-refractivity contribution is -0.296. The number of hydrogen-bond acceptors (Lipinski definition) is 16. The molecule has 60 heavy (non-hydrogen) atoms. The Kier molecular flexibility index (Phi) is 15.8. The minimum absolute atomic E-state index is 0.0237. The number of pyridine rings is 1. The number of aliphatic hydroxyl groups excluding tert-OH is 1. The molecular weight excluding hydrogens is 795 g/mol. The number of amides is 1. The van der Waals surface area contributed by atoms with E-state index in [4.69, 9.17) is 34.3 Å². The quantitative estimate of drug-likeness (QED) is 0.188. The number of oxime groups is 1. The van der Waals surface area contributed by atoms with Crippen molar-refractivity contribution in [1.82, 2.24) is 9.88 Å². The molecule has 3 fully saturated rings. The number of ketones is 1. The number of Topliss-reactive ketones (excluding diaryl/α,β-unsaturated/α-hetero) is 1. The molecule has 332 valence electrons. The SMILES string of the molecule is CC[C@H]1OC(=O)[C@H](C)C(=O)[C@H](C)[C@@H](O[C@@H]2O[C@H](C)C[C@H](N(C)C)[C@H]2O)[C@@]2(C)C[C@@H](C)C(=NC(C)=O)C[C@@H](OC/C(=N/OCc3ccc(-c4cccc(N)n4)s3)CO2)[C@]1(C)O. The number of thiophene rings is 1. The highest BCUT2D eigenvalue weighted by Gasteiger charge is 2.51. The molecule has 17 heteroatoms. The van der Waals surface area contributed by atoms with Gasteiger partial charge in [0, 0.05) is 35.9 Å². The van der Waals surface area contributed by atoms with Crippen LogP contribution in [-0.4, -0.2) is 131 Å². The number of carbonyl (C=O) groups excluding carboxylic acids is 3. The van der Waals surface area contributed by atoms with E-state index >= 15 is 0 Å². The molecule has 0 radical (unpaired) electrons. The zero-order chi connectivity index (χ0) is 44.1. The maximum atomic E-state index is 14.5. The van der Waals surface area contributed by atoms with Crippen molar-refractivity contribution in [1.29, 1.82) is 0 Å². The van der Waals surface area contributed by atoms with Crippen molar-refractivity contribution in [3.05, 3.63) is 35.2 Å². The van der Waals surface area contributed by atoms with E-state index in [1.165, 1.54) is 32.1 Å². The number of carbonyl (C=O) groups is 3. The van der Waals surface area contributed by atoms with Crippen LogP contribution in [0.5, 0.6) is 0 Å². The van der Waals surface area contributed by atoms with E-state index < -0.39 is 77.3 Å². The number of aromatic nitrogens is 1. The lowest BCUT2D eigenvalue weighted by Crippen LogP contribution is -2.59.